The van der Waals surface area contributed by atoms with Crippen LogP contribution in [0.1, 0.15) is 56.7 Å². The van der Waals surface area contributed by atoms with Crippen LogP contribution in [0.2, 0.25) is 0 Å². The van der Waals surface area contributed by atoms with Crippen molar-refractivity contribution >= 4 is 5.97 Å². The number of benzene rings is 1. The zero-order valence-electron chi connectivity index (χ0n) is 18.0. The van der Waals surface area contributed by atoms with Gasteiger partial charge in [0.25, 0.3) is 0 Å². The van der Waals surface area contributed by atoms with Gasteiger partial charge in [-0.2, -0.15) is 5.10 Å². The predicted octanol–water partition coefficient (Wildman–Crippen LogP) is 4.66. The van der Waals surface area contributed by atoms with E-state index in [1.165, 1.54) is 0 Å². The number of carbonyl (C=O) groups is 1. The molecule has 0 unspecified atom stereocenters. The van der Waals surface area contributed by atoms with Crippen molar-refractivity contribution in [1.82, 2.24) is 9.78 Å². The molecule has 0 N–H and O–H groups in total. The third-order valence-corrected chi connectivity index (χ3v) is 6.47. The zero-order valence-corrected chi connectivity index (χ0v) is 18.0. The Labute approximate surface area is 166 Å². The van der Waals surface area contributed by atoms with Gasteiger partial charge in [0.2, 0.25) is 0 Å². The molecule has 0 radical (unpaired) electrons. The average Bonchev–Trinajstić information content (AvgIpc) is 2.88. The first kappa shape index (κ1) is 20.2. The smallest absolute Gasteiger partial charge is 0.359 e. The Kier molecular flexibility index (Phi) is 4.94. The number of aromatic nitrogens is 2. The topological polar surface area (TPSA) is 62.6 Å². The summed E-state index contributed by atoms with van der Waals surface area (Å²) in [5.74, 6) is 1.02. The molecule has 1 heterocycles. The van der Waals surface area contributed by atoms with Crippen LogP contribution in [0.3, 0.4) is 0 Å². The summed E-state index contributed by atoms with van der Waals surface area (Å²) < 4.78 is 18.3. The maximum absolute atomic E-state index is 12.6. The van der Waals surface area contributed by atoms with E-state index in [9.17, 15) is 4.79 Å². The van der Waals surface area contributed by atoms with Gasteiger partial charge < -0.3 is 14.2 Å². The molecule has 2 aromatic rings. The summed E-state index contributed by atoms with van der Waals surface area (Å²) in [6.07, 6.45) is 0. The van der Waals surface area contributed by atoms with Crippen molar-refractivity contribution < 1.29 is 19.0 Å². The summed E-state index contributed by atoms with van der Waals surface area (Å²) in [7, 11) is 3.27. The van der Waals surface area contributed by atoms with Crippen LogP contribution in [-0.2, 0) is 4.74 Å². The van der Waals surface area contributed by atoms with E-state index >= 15 is 0 Å². The van der Waals surface area contributed by atoms with Crippen LogP contribution < -0.4 is 9.47 Å². The molecule has 1 saturated carbocycles. The van der Waals surface area contributed by atoms with E-state index in [4.69, 9.17) is 19.3 Å². The zero-order chi connectivity index (χ0) is 20.9. The lowest BCUT2D eigenvalue weighted by atomic mass is 10.0. The molecule has 6 heteroatoms. The molecule has 1 aliphatic carbocycles. The first-order valence-corrected chi connectivity index (χ1v) is 9.60. The van der Waals surface area contributed by atoms with Crippen LogP contribution in [0.4, 0.5) is 0 Å². The van der Waals surface area contributed by atoms with E-state index in [2.05, 4.69) is 27.7 Å². The van der Waals surface area contributed by atoms with Crippen LogP contribution in [0.25, 0.3) is 11.3 Å². The Bertz CT molecular complexity index is 898. The second-order valence-electron chi connectivity index (χ2n) is 8.40. The SMILES string of the molecule is CCOC(=O)c1nn(C2C(C)(C)C2(C)C)c(-c2cc(OC)ccc2OC)c1C. The van der Waals surface area contributed by atoms with Crippen molar-refractivity contribution in [2.75, 3.05) is 20.8 Å². The fourth-order valence-electron chi connectivity index (χ4n) is 4.19. The molecular weight excluding hydrogens is 356 g/mol. The molecule has 6 nitrogen and oxygen atoms in total. The molecule has 0 atom stereocenters. The Hall–Kier alpha value is -2.50. The summed E-state index contributed by atoms with van der Waals surface area (Å²) >= 11 is 0. The van der Waals surface area contributed by atoms with Crippen LogP contribution in [0.5, 0.6) is 11.5 Å². The molecule has 0 spiro atoms. The standard InChI is InChI=1S/C22H30N2O4/c1-9-28-19(25)17-13(2)18(15-12-14(26-7)10-11-16(15)27-8)24(23-17)20-21(3,4)22(20,5)6/h10-12,20H,9H2,1-8H3. The van der Waals surface area contributed by atoms with Gasteiger partial charge in [0.1, 0.15) is 11.5 Å². The van der Waals surface area contributed by atoms with Gasteiger partial charge in [-0.15, -0.1) is 0 Å². The number of ether oxygens (including phenoxy) is 3. The van der Waals surface area contributed by atoms with Gasteiger partial charge >= 0.3 is 5.97 Å². The first-order valence-electron chi connectivity index (χ1n) is 9.60. The summed E-state index contributed by atoms with van der Waals surface area (Å²) in [5.41, 5.74) is 2.92. The van der Waals surface area contributed by atoms with Crippen LogP contribution in [-0.4, -0.2) is 36.6 Å². The maximum Gasteiger partial charge on any atom is 0.359 e. The molecule has 3 rings (SSSR count). The van der Waals surface area contributed by atoms with E-state index in [0.717, 1.165) is 22.6 Å². The molecule has 0 aliphatic heterocycles. The molecular formula is C22H30N2O4. The van der Waals surface area contributed by atoms with Crippen molar-refractivity contribution in [3.05, 3.63) is 29.5 Å². The average molecular weight is 386 g/mol. The molecule has 0 amide bonds. The third-order valence-electron chi connectivity index (χ3n) is 6.47. The molecule has 28 heavy (non-hydrogen) atoms. The molecule has 0 saturated heterocycles. The monoisotopic (exact) mass is 386 g/mol. The van der Waals surface area contributed by atoms with Gasteiger partial charge in [-0.1, -0.05) is 27.7 Å². The van der Waals surface area contributed by atoms with E-state index in [-0.39, 0.29) is 16.9 Å². The highest BCUT2D eigenvalue weighted by atomic mass is 16.5. The van der Waals surface area contributed by atoms with E-state index in [0.29, 0.717) is 18.1 Å². The van der Waals surface area contributed by atoms with E-state index in [1.807, 2.05) is 29.8 Å². The Morgan fingerprint density at radius 2 is 1.79 bits per heavy atom. The summed E-state index contributed by atoms with van der Waals surface area (Å²) in [6.45, 7) is 12.9. The van der Waals surface area contributed by atoms with Crippen LogP contribution >= 0.6 is 0 Å². The molecule has 1 aliphatic rings. The fraction of sp³-hybridized carbons (Fsp3) is 0.545. The highest BCUT2D eigenvalue weighted by Gasteiger charge is 2.67. The molecule has 1 aromatic heterocycles. The Balaban J connectivity index is 2.27. The van der Waals surface area contributed by atoms with E-state index < -0.39 is 5.97 Å². The minimum atomic E-state index is -0.405. The van der Waals surface area contributed by atoms with Gasteiger partial charge in [-0.3, -0.25) is 4.68 Å². The number of nitrogens with zero attached hydrogens (tertiary/aromatic N) is 2. The van der Waals surface area contributed by atoms with Crippen molar-refractivity contribution in [2.45, 2.75) is 47.6 Å². The van der Waals surface area contributed by atoms with Crippen LogP contribution in [0, 0.1) is 17.8 Å². The predicted molar refractivity (Wildman–Crippen MR) is 108 cm³/mol. The minimum Gasteiger partial charge on any atom is -0.497 e. The highest BCUT2D eigenvalue weighted by molar-refractivity contribution is 5.91. The lowest BCUT2D eigenvalue weighted by Gasteiger charge is -2.15. The minimum absolute atomic E-state index is 0.0399. The number of esters is 1. The molecule has 1 aromatic carbocycles. The van der Waals surface area contributed by atoms with Crippen molar-refractivity contribution in [3.63, 3.8) is 0 Å². The number of hydrogen-bond acceptors (Lipinski definition) is 5. The maximum atomic E-state index is 12.6. The summed E-state index contributed by atoms with van der Waals surface area (Å²) in [5, 5.41) is 4.73. The number of hydrogen-bond donors (Lipinski definition) is 0. The van der Waals surface area contributed by atoms with Crippen molar-refractivity contribution in [3.8, 4) is 22.8 Å². The summed E-state index contributed by atoms with van der Waals surface area (Å²) in [4.78, 5) is 12.6. The van der Waals surface area contributed by atoms with Gasteiger partial charge in [-0.25, -0.2) is 4.79 Å². The quantitative estimate of drug-likeness (QED) is 0.676. The van der Waals surface area contributed by atoms with Gasteiger partial charge in [0.05, 0.1) is 32.6 Å². The molecule has 152 valence electrons. The lowest BCUT2D eigenvalue weighted by Crippen LogP contribution is -2.09. The number of methoxy groups -OCH3 is 2. The molecule has 0 bridgehead atoms. The second kappa shape index (κ2) is 6.83. The van der Waals surface area contributed by atoms with Gasteiger partial charge in [-0.05, 0) is 42.9 Å². The highest BCUT2D eigenvalue weighted by Crippen LogP contribution is 2.72. The second-order valence-corrected chi connectivity index (χ2v) is 8.40. The Morgan fingerprint density at radius 3 is 2.29 bits per heavy atom. The normalized spacial score (nSPS) is 17.3. The van der Waals surface area contributed by atoms with E-state index in [1.54, 1.807) is 21.1 Å². The number of rotatable bonds is 6. The first-order chi connectivity index (χ1) is 13.1. The Morgan fingerprint density at radius 1 is 1.14 bits per heavy atom. The lowest BCUT2D eigenvalue weighted by molar-refractivity contribution is 0.0517. The van der Waals surface area contributed by atoms with Crippen LogP contribution in [0.15, 0.2) is 18.2 Å². The number of carbonyl (C=O) groups excluding carboxylic acids is 1. The third kappa shape index (κ3) is 2.86. The largest absolute Gasteiger partial charge is 0.497 e. The fourth-order valence-corrected chi connectivity index (χ4v) is 4.19. The molecule has 1 fully saturated rings. The van der Waals surface area contributed by atoms with Crippen molar-refractivity contribution in [1.29, 1.82) is 0 Å². The summed E-state index contributed by atoms with van der Waals surface area (Å²) in [6, 6.07) is 5.80. The van der Waals surface area contributed by atoms with Crippen molar-refractivity contribution in [2.24, 2.45) is 10.8 Å². The van der Waals surface area contributed by atoms with Gasteiger partial charge in [0, 0.05) is 11.1 Å². The van der Waals surface area contributed by atoms with Gasteiger partial charge in [0.15, 0.2) is 5.69 Å².